The Balaban J connectivity index is 1.90. The van der Waals surface area contributed by atoms with Crippen LogP contribution in [0, 0.1) is 0 Å². The summed E-state index contributed by atoms with van der Waals surface area (Å²) >= 11 is 3.37. The molecule has 1 heterocycles. The summed E-state index contributed by atoms with van der Waals surface area (Å²) in [7, 11) is 0. The van der Waals surface area contributed by atoms with Gasteiger partial charge in [-0.3, -0.25) is 9.59 Å². The Kier molecular flexibility index (Phi) is 4.06. The van der Waals surface area contributed by atoms with Crippen LogP contribution in [0.15, 0.2) is 16.7 Å². The van der Waals surface area contributed by atoms with Crippen LogP contribution in [-0.2, 0) is 4.79 Å². The van der Waals surface area contributed by atoms with Crippen molar-refractivity contribution in [1.29, 1.82) is 0 Å². The lowest BCUT2D eigenvalue weighted by atomic mass is 10.3. The number of amides is 1. The highest BCUT2D eigenvalue weighted by Crippen LogP contribution is 2.37. The molecule has 1 aliphatic rings. The third-order valence-electron chi connectivity index (χ3n) is 2.84. The zero-order valence-corrected chi connectivity index (χ0v) is 11.4. The molecule has 1 amide bonds. The first-order valence-electron chi connectivity index (χ1n) is 5.95. The lowest BCUT2D eigenvalue weighted by Gasteiger charge is -2.07. The van der Waals surface area contributed by atoms with Crippen LogP contribution in [0.25, 0.3) is 0 Å². The van der Waals surface area contributed by atoms with Gasteiger partial charge < -0.3 is 15.0 Å². The maximum atomic E-state index is 12.0. The van der Waals surface area contributed by atoms with Crippen molar-refractivity contribution in [1.82, 2.24) is 9.88 Å². The fraction of sp³-hybridized carbons (Fsp3) is 0.500. The van der Waals surface area contributed by atoms with Crippen LogP contribution in [-0.4, -0.2) is 28.1 Å². The Labute approximate surface area is 113 Å². The number of rotatable bonds is 6. The van der Waals surface area contributed by atoms with Gasteiger partial charge in [0, 0.05) is 29.7 Å². The molecule has 0 unspecified atom stereocenters. The Morgan fingerprint density at radius 2 is 2.22 bits per heavy atom. The molecule has 0 saturated heterocycles. The second kappa shape index (κ2) is 5.56. The molecule has 5 nitrogen and oxygen atoms in total. The Bertz CT molecular complexity index is 466. The van der Waals surface area contributed by atoms with Gasteiger partial charge in [-0.05, 0) is 41.3 Å². The number of hydrogen-bond acceptors (Lipinski definition) is 2. The minimum atomic E-state index is -0.839. The molecule has 1 fully saturated rings. The molecule has 0 atom stereocenters. The van der Waals surface area contributed by atoms with Gasteiger partial charge in [-0.1, -0.05) is 0 Å². The Morgan fingerprint density at radius 1 is 1.50 bits per heavy atom. The molecule has 0 aliphatic heterocycles. The van der Waals surface area contributed by atoms with Gasteiger partial charge in [-0.2, -0.15) is 0 Å². The molecule has 1 saturated carbocycles. The number of aliphatic carboxylic acids is 1. The van der Waals surface area contributed by atoms with Crippen molar-refractivity contribution in [3.8, 4) is 0 Å². The van der Waals surface area contributed by atoms with Crippen LogP contribution in [0.4, 0.5) is 0 Å². The summed E-state index contributed by atoms with van der Waals surface area (Å²) in [6, 6.07) is 2.24. The SMILES string of the molecule is O=C(O)CCCNC(=O)c1cc(Br)cn1C1CC1. The number of halogens is 1. The standard InChI is InChI=1S/C12H15BrN2O3/c13-8-6-10(15(7-8)9-3-4-9)12(18)14-5-1-2-11(16)17/h6-7,9H,1-5H2,(H,14,18)(H,16,17). The topological polar surface area (TPSA) is 71.3 Å². The van der Waals surface area contributed by atoms with Crippen LogP contribution in [0.1, 0.15) is 42.2 Å². The monoisotopic (exact) mass is 314 g/mol. The van der Waals surface area contributed by atoms with Crippen molar-refractivity contribution in [2.75, 3.05) is 6.54 Å². The van der Waals surface area contributed by atoms with Gasteiger partial charge in [0.25, 0.3) is 5.91 Å². The predicted molar refractivity (Wildman–Crippen MR) is 69.6 cm³/mol. The molecule has 0 radical (unpaired) electrons. The highest BCUT2D eigenvalue weighted by atomic mass is 79.9. The summed E-state index contributed by atoms with van der Waals surface area (Å²) in [5, 5.41) is 11.2. The summed E-state index contributed by atoms with van der Waals surface area (Å²) in [6.45, 7) is 0.387. The molecule has 18 heavy (non-hydrogen) atoms. The Morgan fingerprint density at radius 3 is 2.83 bits per heavy atom. The van der Waals surface area contributed by atoms with Crippen LogP contribution < -0.4 is 5.32 Å². The average molecular weight is 315 g/mol. The molecule has 1 aliphatic carbocycles. The van der Waals surface area contributed by atoms with E-state index < -0.39 is 5.97 Å². The Hall–Kier alpha value is -1.30. The van der Waals surface area contributed by atoms with E-state index >= 15 is 0 Å². The first-order valence-corrected chi connectivity index (χ1v) is 6.74. The molecule has 2 N–H and O–H groups in total. The smallest absolute Gasteiger partial charge is 0.303 e. The van der Waals surface area contributed by atoms with Gasteiger partial charge in [0.2, 0.25) is 0 Å². The molecule has 0 spiro atoms. The van der Waals surface area contributed by atoms with Crippen molar-refractivity contribution in [3.63, 3.8) is 0 Å². The quantitative estimate of drug-likeness (QED) is 0.791. The summed E-state index contributed by atoms with van der Waals surface area (Å²) in [4.78, 5) is 22.3. The van der Waals surface area contributed by atoms with Gasteiger partial charge in [0.1, 0.15) is 5.69 Å². The van der Waals surface area contributed by atoms with E-state index in [0.717, 1.165) is 17.3 Å². The van der Waals surface area contributed by atoms with Crippen LogP contribution >= 0.6 is 15.9 Å². The van der Waals surface area contributed by atoms with Crippen LogP contribution in [0.5, 0.6) is 0 Å². The van der Waals surface area contributed by atoms with E-state index in [1.165, 1.54) is 0 Å². The van der Waals surface area contributed by atoms with Gasteiger partial charge in [0.05, 0.1) is 0 Å². The second-order valence-electron chi connectivity index (χ2n) is 4.44. The predicted octanol–water partition coefficient (Wildman–Crippen LogP) is 2.18. The number of carbonyl (C=O) groups excluding carboxylic acids is 1. The normalized spacial score (nSPS) is 14.5. The van der Waals surface area contributed by atoms with Crippen LogP contribution in [0.2, 0.25) is 0 Å². The maximum Gasteiger partial charge on any atom is 0.303 e. The molecule has 0 bridgehead atoms. The van der Waals surface area contributed by atoms with Gasteiger partial charge in [0.15, 0.2) is 0 Å². The molecular formula is C12H15BrN2O3. The highest BCUT2D eigenvalue weighted by molar-refractivity contribution is 9.10. The lowest BCUT2D eigenvalue weighted by molar-refractivity contribution is -0.137. The van der Waals surface area contributed by atoms with Crippen molar-refractivity contribution < 1.29 is 14.7 Å². The minimum absolute atomic E-state index is 0.0770. The number of carbonyl (C=O) groups is 2. The first-order chi connectivity index (χ1) is 8.58. The van der Waals surface area contributed by atoms with Crippen molar-refractivity contribution >= 4 is 27.8 Å². The largest absolute Gasteiger partial charge is 0.481 e. The van der Waals surface area contributed by atoms with E-state index in [1.807, 2.05) is 10.8 Å². The molecular weight excluding hydrogens is 300 g/mol. The molecule has 1 aromatic heterocycles. The van der Waals surface area contributed by atoms with E-state index in [1.54, 1.807) is 6.07 Å². The van der Waals surface area contributed by atoms with Crippen molar-refractivity contribution in [2.45, 2.75) is 31.7 Å². The second-order valence-corrected chi connectivity index (χ2v) is 5.35. The van der Waals surface area contributed by atoms with Crippen molar-refractivity contribution in [3.05, 3.63) is 22.4 Å². The van der Waals surface area contributed by atoms with Crippen LogP contribution in [0.3, 0.4) is 0 Å². The summed E-state index contributed by atoms with van der Waals surface area (Å²) in [5.74, 6) is -0.980. The lowest BCUT2D eigenvalue weighted by Crippen LogP contribution is -2.27. The third-order valence-corrected chi connectivity index (χ3v) is 3.27. The fourth-order valence-electron chi connectivity index (χ4n) is 1.81. The molecule has 1 aromatic rings. The number of hydrogen-bond donors (Lipinski definition) is 2. The van der Waals surface area contributed by atoms with Gasteiger partial charge in [-0.15, -0.1) is 0 Å². The van der Waals surface area contributed by atoms with E-state index in [-0.39, 0.29) is 12.3 Å². The third kappa shape index (κ3) is 3.35. The van der Waals surface area contributed by atoms with E-state index in [9.17, 15) is 9.59 Å². The summed E-state index contributed by atoms with van der Waals surface area (Å²) in [6.07, 6.45) is 4.67. The molecule has 2 rings (SSSR count). The highest BCUT2D eigenvalue weighted by Gasteiger charge is 2.27. The van der Waals surface area contributed by atoms with E-state index in [2.05, 4.69) is 21.2 Å². The van der Waals surface area contributed by atoms with E-state index in [0.29, 0.717) is 24.7 Å². The number of carboxylic acids is 1. The molecule has 98 valence electrons. The summed E-state index contributed by atoms with van der Waals surface area (Å²) < 4.78 is 2.88. The summed E-state index contributed by atoms with van der Waals surface area (Å²) in [5.41, 5.74) is 0.639. The fourth-order valence-corrected chi connectivity index (χ4v) is 2.25. The number of aromatic nitrogens is 1. The zero-order valence-electron chi connectivity index (χ0n) is 9.86. The maximum absolute atomic E-state index is 12.0. The first kappa shape index (κ1) is 13.1. The average Bonchev–Trinajstić information content (AvgIpc) is 3.07. The van der Waals surface area contributed by atoms with Crippen molar-refractivity contribution in [2.24, 2.45) is 0 Å². The number of nitrogens with zero attached hydrogens (tertiary/aromatic N) is 1. The van der Waals surface area contributed by atoms with Gasteiger partial charge >= 0.3 is 5.97 Å². The molecule has 0 aromatic carbocycles. The number of nitrogens with one attached hydrogen (secondary N) is 1. The minimum Gasteiger partial charge on any atom is -0.481 e. The number of carboxylic acid groups (broad SMARTS) is 1. The van der Waals surface area contributed by atoms with Gasteiger partial charge in [-0.25, -0.2) is 0 Å². The van der Waals surface area contributed by atoms with E-state index in [4.69, 9.17) is 5.11 Å². The zero-order chi connectivity index (χ0) is 13.1. The molecule has 6 heteroatoms.